The van der Waals surface area contributed by atoms with E-state index in [2.05, 4.69) is 41.3 Å². The third-order valence-electron chi connectivity index (χ3n) is 6.88. The molecule has 5 nitrogen and oxygen atoms in total. The van der Waals surface area contributed by atoms with Crippen LogP contribution >= 0.6 is 0 Å². The minimum Gasteiger partial charge on any atom is -0.497 e. The minimum absolute atomic E-state index is 0.136. The molecule has 0 N–H and O–H groups in total. The Labute approximate surface area is 209 Å². The van der Waals surface area contributed by atoms with Crippen LogP contribution < -0.4 is 14.2 Å². The number of benzene rings is 3. The maximum absolute atomic E-state index is 6.63. The number of para-hydroxylation sites is 1. The predicted octanol–water partition coefficient (Wildman–Crippen LogP) is 5.92. The molecule has 0 spiro atoms. The zero-order chi connectivity index (χ0) is 24.5. The molecular formula is C30H37NO4. The number of hydrogen-bond donors (Lipinski definition) is 0. The van der Waals surface area contributed by atoms with Crippen LogP contribution in [0.3, 0.4) is 0 Å². The summed E-state index contributed by atoms with van der Waals surface area (Å²) in [7, 11) is 5.12. The van der Waals surface area contributed by atoms with Crippen molar-refractivity contribution in [2.45, 2.75) is 37.8 Å². The summed E-state index contributed by atoms with van der Waals surface area (Å²) in [5, 5.41) is 0. The molecule has 1 aliphatic heterocycles. The van der Waals surface area contributed by atoms with Crippen LogP contribution in [0.5, 0.6) is 17.2 Å². The third kappa shape index (κ3) is 6.56. The summed E-state index contributed by atoms with van der Waals surface area (Å²) in [5.41, 5.74) is 3.52. The van der Waals surface area contributed by atoms with Gasteiger partial charge in [-0.05, 0) is 85.8 Å². The molecule has 0 aromatic heterocycles. The molecule has 0 bridgehead atoms. The first-order valence-corrected chi connectivity index (χ1v) is 12.5. The van der Waals surface area contributed by atoms with Crippen molar-refractivity contribution in [3.63, 3.8) is 0 Å². The van der Waals surface area contributed by atoms with Crippen molar-refractivity contribution in [2.75, 3.05) is 41.0 Å². The summed E-state index contributed by atoms with van der Waals surface area (Å²) < 4.78 is 22.9. The topological polar surface area (TPSA) is 40.2 Å². The SMILES string of the molecule is COc1ccc(C(OCC2CCCN2CCCc2ccccc2OC)c2ccc(OC)cc2)cc1. The first-order chi connectivity index (χ1) is 17.2. The molecule has 3 aromatic carbocycles. The zero-order valence-electron chi connectivity index (χ0n) is 21.1. The average molecular weight is 476 g/mol. The van der Waals surface area contributed by atoms with E-state index in [0.29, 0.717) is 12.6 Å². The normalized spacial score (nSPS) is 15.9. The Bertz CT molecular complexity index is 987. The van der Waals surface area contributed by atoms with Crippen molar-refractivity contribution >= 4 is 0 Å². The molecule has 1 fully saturated rings. The van der Waals surface area contributed by atoms with Crippen LogP contribution in [0.4, 0.5) is 0 Å². The molecule has 0 radical (unpaired) electrons. The van der Waals surface area contributed by atoms with Crippen molar-refractivity contribution in [1.82, 2.24) is 4.90 Å². The number of methoxy groups -OCH3 is 3. The molecule has 1 atom stereocenters. The van der Waals surface area contributed by atoms with Crippen molar-refractivity contribution in [3.8, 4) is 17.2 Å². The summed E-state index contributed by atoms with van der Waals surface area (Å²) in [6.07, 6.45) is 4.39. The van der Waals surface area contributed by atoms with E-state index >= 15 is 0 Å². The Kier molecular flexibility index (Phi) is 9.04. The van der Waals surface area contributed by atoms with E-state index in [1.165, 1.54) is 18.4 Å². The molecule has 0 saturated carbocycles. The molecule has 1 unspecified atom stereocenters. The molecule has 0 amide bonds. The van der Waals surface area contributed by atoms with Crippen molar-refractivity contribution in [2.24, 2.45) is 0 Å². The van der Waals surface area contributed by atoms with Crippen molar-refractivity contribution < 1.29 is 18.9 Å². The smallest absolute Gasteiger partial charge is 0.122 e. The zero-order valence-corrected chi connectivity index (χ0v) is 21.1. The maximum Gasteiger partial charge on any atom is 0.122 e. The van der Waals surface area contributed by atoms with Crippen LogP contribution in [0.2, 0.25) is 0 Å². The summed E-state index contributed by atoms with van der Waals surface area (Å²) >= 11 is 0. The lowest BCUT2D eigenvalue weighted by atomic mass is 10.0. The molecular weight excluding hydrogens is 438 g/mol. The molecule has 35 heavy (non-hydrogen) atoms. The standard InChI is InChI=1S/C30H37NO4/c1-32-27-16-12-24(13-17-27)30(25-14-18-28(33-2)19-15-25)35-22-26-10-7-21-31(26)20-6-9-23-8-4-5-11-29(23)34-3/h4-5,8,11-19,26,30H,6-7,9-10,20-22H2,1-3H3. The van der Waals surface area contributed by atoms with E-state index in [1.807, 2.05) is 36.4 Å². The Hall–Kier alpha value is -3.02. The van der Waals surface area contributed by atoms with Gasteiger partial charge < -0.3 is 18.9 Å². The van der Waals surface area contributed by atoms with Crippen molar-refractivity contribution in [1.29, 1.82) is 0 Å². The van der Waals surface area contributed by atoms with Crippen LogP contribution in [0.15, 0.2) is 72.8 Å². The number of aryl methyl sites for hydroxylation is 1. The second-order valence-electron chi connectivity index (χ2n) is 9.01. The van der Waals surface area contributed by atoms with Gasteiger partial charge in [-0.3, -0.25) is 4.90 Å². The minimum atomic E-state index is -0.136. The lowest BCUT2D eigenvalue weighted by Gasteiger charge is -2.27. The number of ether oxygens (including phenoxy) is 4. The molecule has 1 heterocycles. The van der Waals surface area contributed by atoms with E-state index in [-0.39, 0.29) is 6.10 Å². The van der Waals surface area contributed by atoms with Gasteiger partial charge in [-0.1, -0.05) is 42.5 Å². The summed E-state index contributed by atoms with van der Waals surface area (Å²) in [6, 6.07) is 25.1. The highest BCUT2D eigenvalue weighted by Gasteiger charge is 2.26. The van der Waals surface area contributed by atoms with E-state index in [9.17, 15) is 0 Å². The lowest BCUT2D eigenvalue weighted by Crippen LogP contribution is -2.34. The third-order valence-corrected chi connectivity index (χ3v) is 6.88. The highest BCUT2D eigenvalue weighted by atomic mass is 16.5. The molecule has 3 aromatic rings. The molecule has 4 rings (SSSR count). The predicted molar refractivity (Wildman–Crippen MR) is 140 cm³/mol. The van der Waals surface area contributed by atoms with Crippen LogP contribution in [0.1, 0.15) is 42.1 Å². The van der Waals surface area contributed by atoms with E-state index in [4.69, 9.17) is 18.9 Å². The number of likely N-dealkylation sites (tertiary alicyclic amines) is 1. The fraction of sp³-hybridized carbons (Fsp3) is 0.400. The van der Waals surface area contributed by atoms with E-state index in [1.54, 1.807) is 21.3 Å². The molecule has 1 saturated heterocycles. The second-order valence-corrected chi connectivity index (χ2v) is 9.01. The first-order valence-electron chi connectivity index (χ1n) is 12.5. The lowest BCUT2D eigenvalue weighted by molar-refractivity contribution is 0.0376. The van der Waals surface area contributed by atoms with Crippen LogP contribution in [-0.4, -0.2) is 52.0 Å². The van der Waals surface area contributed by atoms with Crippen molar-refractivity contribution in [3.05, 3.63) is 89.5 Å². The summed E-state index contributed by atoms with van der Waals surface area (Å²) in [6.45, 7) is 2.91. The Morgan fingerprint density at radius 2 is 1.43 bits per heavy atom. The molecule has 186 valence electrons. The maximum atomic E-state index is 6.63. The Balaban J connectivity index is 1.40. The van der Waals surface area contributed by atoms with Gasteiger partial charge >= 0.3 is 0 Å². The first kappa shape index (κ1) is 25.1. The van der Waals surface area contributed by atoms with Gasteiger partial charge in [0.25, 0.3) is 0 Å². The monoisotopic (exact) mass is 475 g/mol. The molecule has 0 aliphatic carbocycles. The highest BCUT2D eigenvalue weighted by molar-refractivity contribution is 5.37. The van der Waals surface area contributed by atoms with Crippen LogP contribution in [-0.2, 0) is 11.2 Å². The van der Waals surface area contributed by atoms with Gasteiger partial charge in [0.05, 0.1) is 27.9 Å². The van der Waals surface area contributed by atoms with Gasteiger partial charge in [0.2, 0.25) is 0 Å². The quantitative estimate of drug-likeness (QED) is 0.325. The summed E-state index contributed by atoms with van der Waals surface area (Å²) in [5.74, 6) is 2.68. The van der Waals surface area contributed by atoms with Gasteiger partial charge in [-0.25, -0.2) is 0 Å². The van der Waals surface area contributed by atoms with Gasteiger partial charge in [-0.15, -0.1) is 0 Å². The fourth-order valence-corrected chi connectivity index (χ4v) is 4.91. The Morgan fingerprint density at radius 1 is 0.800 bits per heavy atom. The highest BCUT2D eigenvalue weighted by Crippen LogP contribution is 2.30. The summed E-state index contributed by atoms with van der Waals surface area (Å²) in [4.78, 5) is 2.59. The number of nitrogens with zero attached hydrogens (tertiary/aromatic N) is 1. The average Bonchev–Trinajstić information content (AvgIpc) is 3.37. The fourth-order valence-electron chi connectivity index (χ4n) is 4.91. The van der Waals surface area contributed by atoms with Crippen LogP contribution in [0.25, 0.3) is 0 Å². The number of hydrogen-bond acceptors (Lipinski definition) is 5. The van der Waals surface area contributed by atoms with E-state index in [0.717, 1.165) is 54.3 Å². The van der Waals surface area contributed by atoms with Gasteiger partial charge in [-0.2, -0.15) is 0 Å². The second kappa shape index (κ2) is 12.6. The van der Waals surface area contributed by atoms with Gasteiger partial charge in [0.1, 0.15) is 23.4 Å². The molecule has 5 heteroatoms. The van der Waals surface area contributed by atoms with Gasteiger partial charge in [0, 0.05) is 6.04 Å². The Morgan fingerprint density at radius 3 is 2.03 bits per heavy atom. The van der Waals surface area contributed by atoms with E-state index < -0.39 is 0 Å². The molecule has 1 aliphatic rings. The largest absolute Gasteiger partial charge is 0.497 e. The number of rotatable bonds is 12. The van der Waals surface area contributed by atoms with Gasteiger partial charge in [0.15, 0.2) is 0 Å². The van der Waals surface area contributed by atoms with Crippen LogP contribution in [0, 0.1) is 0 Å².